The zero-order chi connectivity index (χ0) is 13.0. The molecule has 0 saturated carbocycles. The van der Waals surface area contributed by atoms with E-state index in [1.807, 2.05) is 0 Å². The second-order valence-corrected chi connectivity index (χ2v) is 6.16. The molecule has 1 aliphatic rings. The van der Waals surface area contributed by atoms with E-state index in [1.54, 1.807) is 0 Å². The van der Waals surface area contributed by atoms with Gasteiger partial charge in [-0.3, -0.25) is 4.90 Å². The molecule has 0 aliphatic carbocycles. The highest BCUT2D eigenvalue weighted by molar-refractivity contribution is 9.10. The van der Waals surface area contributed by atoms with E-state index in [0.717, 1.165) is 13.1 Å². The fourth-order valence-corrected chi connectivity index (χ4v) is 2.91. The van der Waals surface area contributed by atoms with Gasteiger partial charge in [0.1, 0.15) is 0 Å². The van der Waals surface area contributed by atoms with Crippen molar-refractivity contribution in [3.8, 4) is 0 Å². The standard InChI is InChI=1S/C15H23BrN2/c1-12-5-6-14(9-15(12)16)11-17-10-13(2)18-7-3-4-8-18/h5-6,9,13,17H,3-4,7-8,10-11H2,1-2H3. The number of rotatable bonds is 5. The molecule has 0 spiro atoms. The minimum absolute atomic E-state index is 0.654. The predicted molar refractivity (Wildman–Crippen MR) is 80.9 cm³/mol. The molecule has 0 amide bonds. The molecule has 1 N–H and O–H groups in total. The molecule has 2 nitrogen and oxygen atoms in total. The third kappa shape index (κ3) is 3.81. The Kier molecular flexibility index (Phi) is 5.22. The van der Waals surface area contributed by atoms with Gasteiger partial charge in [0, 0.05) is 23.6 Å². The zero-order valence-corrected chi connectivity index (χ0v) is 13.0. The van der Waals surface area contributed by atoms with Crippen LogP contribution in [-0.4, -0.2) is 30.6 Å². The SMILES string of the molecule is Cc1ccc(CNCC(C)N2CCCC2)cc1Br. The first-order valence-electron chi connectivity index (χ1n) is 6.86. The average Bonchev–Trinajstić information content (AvgIpc) is 2.87. The zero-order valence-electron chi connectivity index (χ0n) is 11.4. The maximum absolute atomic E-state index is 3.58. The summed E-state index contributed by atoms with van der Waals surface area (Å²) in [6.07, 6.45) is 2.74. The topological polar surface area (TPSA) is 15.3 Å². The van der Waals surface area contributed by atoms with Crippen LogP contribution in [0.3, 0.4) is 0 Å². The van der Waals surface area contributed by atoms with Crippen LogP contribution in [-0.2, 0) is 6.54 Å². The Hall–Kier alpha value is -0.380. The molecule has 3 heteroatoms. The average molecular weight is 311 g/mol. The molecule has 1 atom stereocenters. The van der Waals surface area contributed by atoms with Crippen molar-refractivity contribution in [2.75, 3.05) is 19.6 Å². The lowest BCUT2D eigenvalue weighted by molar-refractivity contribution is 0.251. The number of benzene rings is 1. The number of likely N-dealkylation sites (tertiary alicyclic amines) is 1. The molecular formula is C15H23BrN2. The number of aryl methyl sites for hydroxylation is 1. The Labute approximate surface area is 119 Å². The molecule has 1 aliphatic heterocycles. The molecule has 18 heavy (non-hydrogen) atoms. The van der Waals surface area contributed by atoms with Crippen LogP contribution in [0.5, 0.6) is 0 Å². The molecule has 0 radical (unpaired) electrons. The Balaban J connectivity index is 1.75. The Bertz CT molecular complexity index is 386. The molecule has 1 saturated heterocycles. The highest BCUT2D eigenvalue weighted by Gasteiger charge is 2.17. The van der Waals surface area contributed by atoms with E-state index < -0.39 is 0 Å². The van der Waals surface area contributed by atoms with Crippen LogP contribution in [0.4, 0.5) is 0 Å². The summed E-state index contributed by atoms with van der Waals surface area (Å²) in [5.41, 5.74) is 2.64. The minimum Gasteiger partial charge on any atom is -0.311 e. The molecule has 0 bridgehead atoms. The summed E-state index contributed by atoms with van der Waals surface area (Å²) in [5, 5.41) is 3.56. The number of hydrogen-bond acceptors (Lipinski definition) is 2. The summed E-state index contributed by atoms with van der Waals surface area (Å²) in [6, 6.07) is 7.24. The van der Waals surface area contributed by atoms with Crippen LogP contribution >= 0.6 is 15.9 Å². The quantitative estimate of drug-likeness (QED) is 0.897. The predicted octanol–water partition coefficient (Wildman–Crippen LogP) is 3.33. The van der Waals surface area contributed by atoms with Crippen molar-refractivity contribution in [3.63, 3.8) is 0 Å². The number of nitrogens with zero attached hydrogens (tertiary/aromatic N) is 1. The lowest BCUT2D eigenvalue weighted by atomic mass is 10.1. The van der Waals surface area contributed by atoms with E-state index in [2.05, 4.69) is 58.2 Å². The van der Waals surface area contributed by atoms with Gasteiger partial charge in [-0.15, -0.1) is 0 Å². The maximum Gasteiger partial charge on any atom is 0.0207 e. The van der Waals surface area contributed by atoms with E-state index in [4.69, 9.17) is 0 Å². The third-order valence-corrected chi connectivity index (χ3v) is 4.62. The summed E-state index contributed by atoms with van der Waals surface area (Å²) in [4.78, 5) is 2.58. The van der Waals surface area contributed by atoms with Crippen molar-refractivity contribution in [1.29, 1.82) is 0 Å². The van der Waals surface area contributed by atoms with E-state index in [9.17, 15) is 0 Å². The normalized spacial score (nSPS) is 18.2. The van der Waals surface area contributed by atoms with Gasteiger partial charge >= 0.3 is 0 Å². The lowest BCUT2D eigenvalue weighted by Gasteiger charge is -2.24. The molecule has 2 rings (SSSR count). The van der Waals surface area contributed by atoms with E-state index >= 15 is 0 Å². The number of nitrogens with one attached hydrogen (secondary N) is 1. The molecule has 1 aromatic rings. The Morgan fingerprint density at radius 3 is 2.72 bits per heavy atom. The molecule has 1 aromatic carbocycles. The molecular weight excluding hydrogens is 288 g/mol. The van der Waals surface area contributed by atoms with Crippen molar-refractivity contribution in [1.82, 2.24) is 10.2 Å². The lowest BCUT2D eigenvalue weighted by Crippen LogP contribution is -2.38. The largest absolute Gasteiger partial charge is 0.311 e. The Morgan fingerprint density at radius 1 is 1.33 bits per heavy atom. The molecule has 0 aromatic heterocycles. The van der Waals surface area contributed by atoms with Crippen LogP contribution in [0.2, 0.25) is 0 Å². The Morgan fingerprint density at radius 2 is 2.06 bits per heavy atom. The van der Waals surface area contributed by atoms with Crippen LogP contribution in [0.1, 0.15) is 30.9 Å². The molecule has 1 fully saturated rings. The van der Waals surface area contributed by atoms with Gasteiger partial charge in [-0.1, -0.05) is 28.1 Å². The molecule has 100 valence electrons. The van der Waals surface area contributed by atoms with E-state index in [0.29, 0.717) is 6.04 Å². The molecule has 1 heterocycles. The first-order valence-corrected chi connectivity index (χ1v) is 7.66. The van der Waals surface area contributed by atoms with Crippen molar-refractivity contribution < 1.29 is 0 Å². The smallest absolute Gasteiger partial charge is 0.0207 e. The second-order valence-electron chi connectivity index (χ2n) is 5.31. The van der Waals surface area contributed by atoms with Gasteiger partial charge < -0.3 is 5.32 Å². The van der Waals surface area contributed by atoms with Gasteiger partial charge in [0.2, 0.25) is 0 Å². The van der Waals surface area contributed by atoms with Gasteiger partial charge in [0.15, 0.2) is 0 Å². The van der Waals surface area contributed by atoms with Crippen LogP contribution < -0.4 is 5.32 Å². The highest BCUT2D eigenvalue weighted by Crippen LogP contribution is 2.17. The van der Waals surface area contributed by atoms with Crippen molar-refractivity contribution >= 4 is 15.9 Å². The van der Waals surface area contributed by atoms with Gasteiger partial charge in [0.05, 0.1) is 0 Å². The van der Waals surface area contributed by atoms with Gasteiger partial charge in [-0.05, 0) is 57.0 Å². The first-order chi connectivity index (χ1) is 8.66. The minimum atomic E-state index is 0.654. The van der Waals surface area contributed by atoms with Crippen LogP contribution in [0, 0.1) is 6.92 Å². The van der Waals surface area contributed by atoms with Gasteiger partial charge in [0.25, 0.3) is 0 Å². The van der Waals surface area contributed by atoms with E-state index in [-0.39, 0.29) is 0 Å². The third-order valence-electron chi connectivity index (χ3n) is 3.77. The second kappa shape index (κ2) is 6.69. The maximum atomic E-state index is 3.58. The fourth-order valence-electron chi connectivity index (χ4n) is 2.48. The summed E-state index contributed by atoms with van der Waals surface area (Å²) < 4.78 is 1.20. The fraction of sp³-hybridized carbons (Fsp3) is 0.600. The van der Waals surface area contributed by atoms with Crippen molar-refractivity contribution in [3.05, 3.63) is 33.8 Å². The van der Waals surface area contributed by atoms with E-state index in [1.165, 1.54) is 41.5 Å². The van der Waals surface area contributed by atoms with Crippen molar-refractivity contribution in [2.24, 2.45) is 0 Å². The van der Waals surface area contributed by atoms with Gasteiger partial charge in [-0.2, -0.15) is 0 Å². The number of hydrogen-bond donors (Lipinski definition) is 1. The summed E-state index contributed by atoms with van der Waals surface area (Å²) in [5.74, 6) is 0. The first kappa shape index (κ1) is 14.0. The van der Waals surface area contributed by atoms with Crippen LogP contribution in [0.15, 0.2) is 22.7 Å². The number of halogens is 1. The summed E-state index contributed by atoms with van der Waals surface area (Å²) >= 11 is 3.58. The molecule has 1 unspecified atom stereocenters. The highest BCUT2D eigenvalue weighted by atomic mass is 79.9. The summed E-state index contributed by atoms with van der Waals surface area (Å²) in [7, 11) is 0. The van der Waals surface area contributed by atoms with Gasteiger partial charge in [-0.25, -0.2) is 0 Å². The van der Waals surface area contributed by atoms with Crippen LogP contribution in [0.25, 0.3) is 0 Å². The summed E-state index contributed by atoms with van der Waals surface area (Å²) in [6.45, 7) is 9.03. The van der Waals surface area contributed by atoms with Crippen molar-refractivity contribution in [2.45, 2.75) is 39.3 Å². The monoisotopic (exact) mass is 310 g/mol.